The zero-order valence-electron chi connectivity index (χ0n) is 16.3. The molecule has 0 saturated heterocycles. The van der Waals surface area contributed by atoms with Crippen LogP contribution in [0.1, 0.15) is 6.92 Å². The summed E-state index contributed by atoms with van der Waals surface area (Å²) in [4.78, 5) is 12.3. The van der Waals surface area contributed by atoms with E-state index in [1.165, 1.54) is 4.31 Å². The van der Waals surface area contributed by atoms with Gasteiger partial charge in [-0.3, -0.25) is 9.10 Å². The number of carbonyl (C=O) groups excluding carboxylic acids is 1. The Hall–Kier alpha value is -2.84. The summed E-state index contributed by atoms with van der Waals surface area (Å²) in [5.41, 5.74) is 1.19. The van der Waals surface area contributed by atoms with Crippen LogP contribution in [0.5, 0.6) is 5.75 Å². The number of nitrogens with zero attached hydrogens (tertiary/aromatic N) is 1. The first kappa shape index (κ1) is 21.9. The van der Waals surface area contributed by atoms with Crippen molar-refractivity contribution < 1.29 is 17.9 Å². The van der Waals surface area contributed by atoms with Crippen molar-refractivity contribution in [1.29, 1.82) is 0 Å². The third-order valence-corrected chi connectivity index (χ3v) is 6.69. The summed E-state index contributed by atoms with van der Waals surface area (Å²) in [6.07, 6.45) is 0. The van der Waals surface area contributed by atoms with Gasteiger partial charge in [0.25, 0.3) is 15.9 Å². The van der Waals surface area contributed by atoms with E-state index < -0.39 is 10.0 Å². The third kappa shape index (κ3) is 5.40. The molecule has 0 heterocycles. The molecular weight excluding hydrogens is 468 g/mol. The van der Waals surface area contributed by atoms with Crippen molar-refractivity contribution in [2.24, 2.45) is 0 Å². The van der Waals surface area contributed by atoms with Crippen LogP contribution in [0.3, 0.4) is 0 Å². The lowest BCUT2D eigenvalue weighted by Crippen LogP contribution is -2.30. The number of ether oxygens (including phenoxy) is 1. The molecule has 0 aromatic heterocycles. The van der Waals surface area contributed by atoms with Crippen LogP contribution >= 0.6 is 15.9 Å². The van der Waals surface area contributed by atoms with Gasteiger partial charge in [-0.25, -0.2) is 8.42 Å². The summed E-state index contributed by atoms with van der Waals surface area (Å²) in [5.74, 6) is 0.182. The molecule has 0 unspecified atom stereocenters. The number of hydrogen-bond acceptors (Lipinski definition) is 4. The van der Waals surface area contributed by atoms with E-state index in [1.54, 1.807) is 73.7 Å². The van der Waals surface area contributed by atoms with Crippen molar-refractivity contribution in [3.63, 3.8) is 0 Å². The second-order valence-electron chi connectivity index (χ2n) is 6.32. The predicted molar refractivity (Wildman–Crippen MR) is 121 cm³/mol. The molecule has 156 valence electrons. The Bertz CT molecular complexity index is 1090. The monoisotopic (exact) mass is 488 g/mol. The molecule has 3 aromatic carbocycles. The number of benzene rings is 3. The first-order valence-corrected chi connectivity index (χ1v) is 11.5. The molecule has 0 aliphatic rings. The average molecular weight is 489 g/mol. The number of rotatable bonds is 8. The number of halogens is 1. The van der Waals surface area contributed by atoms with Crippen molar-refractivity contribution in [3.8, 4) is 5.75 Å². The Morgan fingerprint density at radius 1 is 0.967 bits per heavy atom. The van der Waals surface area contributed by atoms with Gasteiger partial charge in [0.15, 0.2) is 6.61 Å². The molecule has 6 nitrogen and oxygen atoms in total. The van der Waals surface area contributed by atoms with Gasteiger partial charge in [0.05, 0.1) is 10.6 Å². The van der Waals surface area contributed by atoms with Crippen molar-refractivity contribution in [3.05, 3.63) is 83.3 Å². The fraction of sp³-hybridized carbons (Fsp3) is 0.136. The average Bonchev–Trinajstić information content (AvgIpc) is 2.76. The Morgan fingerprint density at radius 2 is 1.60 bits per heavy atom. The molecule has 0 bridgehead atoms. The van der Waals surface area contributed by atoms with Crippen LogP contribution in [0.15, 0.2) is 88.2 Å². The van der Waals surface area contributed by atoms with Crippen molar-refractivity contribution in [1.82, 2.24) is 0 Å². The minimum absolute atomic E-state index is 0.158. The zero-order chi connectivity index (χ0) is 21.6. The molecule has 0 spiro atoms. The van der Waals surface area contributed by atoms with Gasteiger partial charge in [0.2, 0.25) is 0 Å². The van der Waals surface area contributed by atoms with Gasteiger partial charge in [-0.05, 0) is 67.6 Å². The molecule has 0 atom stereocenters. The quantitative estimate of drug-likeness (QED) is 0.499. The van der Waals surface area contributed by atoms with E-state index >= 15 is 0 Å². The van der Waals surface area contributed by atoms with Gasteiger partial charge in [0.1, 0.15) is 5.75 Å². The number of sulfonamides is 1. The number of hydrogen-bond donors (Lipinski definition) is 1. The highest BCUT2D eigenvalue weighted by Crippen LogP contribution is 2.25. The van der Waals surface area contributed by atoms with E-state index in [4.69, 9.17) is 4.74 Å². The largest absolute Gasteiger partial charge is 0.484 e. The Balaban J connectivity index is 1.63. The minimum atomic E-state index is -3.66. The maximum absolute atomic E-state index is 12.9. The summed E-state index contributed by atoms with van der Waals surface area (Å²) in [7, 11) is -3.66. The number of amides is 1. The van der Waals surface area contributed by atoms with Gasteiger partial charge in [-0.15, -0.1) is 0 Å². The van der Waals surface area contributed by atoms with E-state index in [9.17, 15) is 13.2 Å². The maximum Gasteiger partial charge on any atom is 0.264 e. The van der Waals surface area contributed by atoms with Gasteiger partial charge in [0, 0.05) is 16.7 Å². The number of nitrogens with one attached hydrogen (secondary N) is 1. The zero-order valence-corrected chi connectivity index (χ0v) is 18.7. The molecule has 0 aliphatic heterocycles. The summed E-state index contributed by atoms with van der Waals surface area (Å²) in [6.45, 7) is 1.90. The lowest BCUT2D eigenvalue weighted by molar-refractivity contribution is -0.118. The normalized spacial score (nSPS) is 11.0. The van der Waals surface area contributed by atoms with Crippen molar-refractivity contribution in [2.45, 2.75) is 11.8 Å². The van der Waals surface area contributed by atoms with Crippen LogP contribution in [0.25, 0.3) is 0 Å². The molecule has 0 radical (unpaired) electrons. The Kier molecular flexibility index (Phi) is 7.12. The highest BCUT2D eigenvalue weighted by Gasteiger charge is 2.23. The summed E-state index contributed by atoms with van der Waals surface area (Å²) in [5, 5.41) is 2.74. The molecule has 0 fully saturated rings. The van der Waals surface area contributed by atoms with E-state index in [0.717, 1.165) is 4.47 Å². The van der Waals surface area contributed by atoms with Gasteiger partial charge < -0.3 is 10.1 Å². The van der Waals surface area contributed by atoms with Crippen LogP contribution in [0, 0.1) is 0 Å². The smallest absolute Gasteiger partial charge is 0.264 e. The highest BCUT2D eigenvalue weighted by atomic mass is 79.9. The molecule has 1 N–H and O–H groups in total. The predicted octanol–water partition coefficient (Wildman–Crippen LogP) is 4.68. The Labute approximate surface area is 184 Å². The van der Waals surface area contributed by atoms with Crippen LogP contribution in [-0.4, -0.2) is 27.5 Å². The van der Waals surface area contributed by atoms with E-state index in [2.05, 4.69) is 21.2 Å². The van der Waals surface area contributed by atoms with Gasteiger partial charge >= 0.3 is 0 Å². The minimum Gasteiger partial charge on any atom is -0.484 e. The molecule has 1 amide bonds. The summed E-state index contributed by atoms with van der Waals surface area (Å²) < 4.78 is 33.6. The molecule has 3 rings (SSSR count). The topological polar surface area (TPSA) is 75.7 Å². The first-order chi connectivity index (χ1) is 14.4. The fourth-order valence-corrected chi connectivity index (χ4v) is 4.56. The van der Waals surface area contributed by atoms with Crippen LogP contribution in [-0.2, 0) is 14.8 Å². The molecule has 0 aliphatic carbocycles. The van der Waals surface area contributed by atoms with Gasteiger partial charge in [-0.2, -0.15) is 0 Å². The fourth-order valence-electron chi connectivity index (χ4n) is 2.80. The SMILES string of the molecule is CCN(c1ccc(OCC(=O)Nc2ccc(Br)cc2)cc1)S(=O)(=O)c1ccccc1. The highest BCUT2D eigenvalue weighted by molar-refractivity contribution is 9.10. The molecular formula is C22H21BrN2O4S. The summed E-state index contributed by atoms with van der Waals surface area (Å²) >= 11 is 3.34. The molecule has 8 heteroatoms. The lowest BCUT2D eigenvalue weighted by atomic mass is 10.3. The van der Waals surface area contributed by atoms with Crippen LogP contribution in [0.4, 0.5) is 11.4 Å². The lowest BCUT2D eigenvalue weighted by Gasteiger charge is -2.23. The van der Waals surface area contributed by atoms with Crippen molar-refractivity contribution in [2.75, 3.05) is 22.8 Å². The molecule has 30 heavy (non-hydrogen) atoms. The molecule has 0 saturated carbocycles. The second-order valence-corrected chi connectivity index (χ2v) is 9.10. The van der Waals surface area contributed by atoms with Crippen LogP contribution < -0.4 is 14.4 Å². The first-order valence-electron chi connectivity index (χ1n) is 9.26. The van der Waals surface area contributed by atoms with E-state index in [1.807, 2.05) is 12.1 Å². The second kappa shape index (κ2) is 9.77. The molecule has 3 aromatic rings. The Morgan fingerprint density at radius 3 is 2.20 bits per heavy atom. The summed E-state index contributed by atoms with van der Waals surface area (Å²) in [6, 6.07) is 22.1. The van der Waals surface area contributed by atoms with Crippen molar-refractivity contribution >= 4 is 43.2 Å². The third-order valence-electron chi connectivity index (χ3n) is 4.24. The van der Waals surface area contributed by atoms with Gasteiger partial charge in [-0.1, -0.05) is 34.1 Å². The maximum atomic E-state index is 12.9. The number of anilines is 2. The van der Waals surface area contributed by atoms with E-state index in [-0.39, 0.29) is 24.0 Å². The number of carbonyl (C=O) groups is 1. The van der Waals surface area contributed by atoms with Crippen LogP contribution in [0.2, 0.25) is 0 Å². The standard InChI is InChI=1S/C22H21BrN2O4S/c1-2-25(30(27,28)21-6-4-3-5-7-21)19-12-14-20(15-13-19)29-16-22(26)24-18-10-8-17(23)9-11-18/h3-15H,2,16H2,1H3,(H,24,26). The van der Waals surface area contributed by atoms with E-state index in [0.29, 0.717) is 17.1 Å².